The molecule has 2 heteroatoms. The van der Waals surface area contributed by atoms with Crippen molar-refractivity contribution in [2.45, 2.75) is 6.42 Å². The van der Waals surface area contributed by atoms with Gasteiger partial charge < -0.3 is 0 Å². The summed E-state index contributed by atoms with van der Waals surface area (Å²) in [4.78, 5) is 10.5. The summed E-state index contributed by atoms with van der Waals surface area (Å²) in [6, 6.07) is 0. The normalized spacial score (nSPS) is 16.5. The fraction of sp³-hybridized carbons (Fsp3) is 0.167. The van der Waals surface area contributed by atoms with Gasteiger partial charge >= 0.3 is 55.5 Å². The Morgan fingerprint density at radius 1 is 1.75 bits per heavy atom. The van der Waals surface area contributed by atoms with Gasteiger partial charge in [-0.2, -0.15) is 0 Å². The number of hydrogen-bond donors (Lipinski definition) is 0. The van der Waals surface area contributed by atoms with Crippen molar-refractivity contribution in [1.82, 2.24) is 0 Å². The molecule has 1 aliphatic rings. The Morgan fingerprint density at radius 3 is 2.75 bits per heavy atom. The van der Waals surface area contributed by atoms with Crippen LogP contribution in [0.2, 0.25) is 0 Å². The van der Waals surface area contributed by atoms with E-state index in [4.69, 9.17) is 0 Å². The Balaban J connectivity index is 2.64. The van der Waals surface area contributed by atoms with E-state index in [9.17, 15) is 4.79 Å². The van der Waals surface area contributed by atoms with Crippen LogP contribution in [0.4, 0.5) is 0 Å². The molecule has 0 radical (unpaired) electrons. The zero-order valence-corrected chi connectivity index (χ0v) is 5.41. The number of carbonyl (C=O) groups excluding carboxylic acids is 1. The molecule has 0 saturated carbocycles. The van der Waals surface area contributed by atoms with Crippen molar-refractivity contribution >= 4 is 4.72 Å². The molecule has 1 aliphatic carbocycles. The van der Waals surface area contributed by atoms with Crippen LogP contribution in [-0.4, -0.2) is 4.72 Å². The van der Waals surface area contributed by atoms with E-state index >= 15 is 0 Å². The van der Waals surface area contributed by atoms with E-state index in [1.807, 2.05) is 18.2 Å². The van der Waals surface area contributed by atoms with Crippen LogP contribution in [0.1, 0.15) is 6.42 Å². The Morgan fingerprint density at radius 2 is 2.50 bits per heavy atom. The summed E-state index contributed by atoms with van der Waals surface area (Å²) in [7, 11) is 0. The van der Waals surface area contributed by atoms with Crippen LogP contribution in [0.25, 0.3) is 0 Å². The standard InChI is InChI=1S/C6H5O.Co.2H/c7-5-6-3-1-2-4-6;;;/h1-3H,4H2;;;. The predicted molar refractivity (Wildman–Crippen MR) is 29.6 cm³/mol. The second-order valence-electron chi connectivity index (χ2n) is 1.60. The minimum absolute atomic E-state index is 0.00231. The number of hydrogen-bond acceptors (Lipinski definition) is 1. The van der Waals surface area contributed by atoms with Gasteiger partial charge in [-0.1, -0.05) is 0 Å². The molecule has 0 amide bonds. The number of carbonyl (C=O) groups is 1. The zero-order valence-electron chi connectivity index (χ0n) is 4.23. The first-order valence-electron chi connectivity index (χ1n) is 2.36. The van der Waals surface area contributed by atoms with Gasteiger partial charge in [0.15, 0.2) is 0 Å². The molecule has 0 aromatic carbocycles. The van der Waals surface area contributed by atoms with Gasteiger partial charge in [0.25, 0.3) is 0 Å². The van der Waals surface area contributed by atoms with Gasteiger partial charge in [-0.25, -0.2) is 0 Å². The molecular weight excluding hydrogens is 147 g/mol. The van der Waals surface area contributed by atoms with Gasteiger partial charge in [0.05, 0.1) is 0 Å². The Labute approximate surface area is 56.1 Å². The molecule has 0 spiro atoms. The summed E-state index contributed by atoms with van der Waals surface area (Å²) in [6.45, 7) is 0. The molecule has 0 fully saturated rings. The molecular formula is C6H7CoO. The summed E-state index contributed by atoms with van der Waals surface area (Å²) in [5.41, 5.74) is 0.838. The molecule has 1 nitrogen and oxygen atoms in total. The summed E-state index contributed by atoms with van der Waals surface area (Å²) in [6.07, 6.45) is 6.43. The molecule has 8 heavy (non-hydrogen) atoms. The van der Waals surface area contributed by atoms with Crippen LogP contribution < -0.4 is 0 Å². The van der Waals surface area contributed by atoms with Crippen molar-refractivity contribution in [3.63, 3.8) is 0 Å². The van der Waals surface area contributed by atoms with Crippen LogP contribution in [0.15, 0.2) is 23.8 Å². The third-order valence-electron chi connectivity index (χ3n) is 1.02. The average molecular weight is 154 g/mol. The fourth-order valence-corrected chi connectivity index (χ4v) is 0.812. The van der Waals surface area contributed by atoms with E-state index in [2.05, 4.69) is 15.7 Å². The maximum atomic E-state index is 10.5. The first-order valence-corrected chi connectivity index (χ1v) is 2.95. The molecule has 0 heterocycles. The molecule has 1 rings (SSSR count). The zero-order chi connectivity index (χ0) is 5.98. The molecule has 0 aromatic rings. The third kappa shape index (κ3) is 1.08. The molecule has 0 aliphatic heterocycles. The quantitative estimate of drug-likeness (QED) is 0.534. The Kier molecular flexibility index (Phi) is 1.65. The van der Waals surface area contributed by atoms with Crippen LogP contribution in [0, 0.1) is 0 Å². The van der Waals surface area contributed by atoms with Crippen LogP contribution in [0.5, 0.6) is 0 Å². The second-order valence-corrected chi connectivity index (χ2v) is 2.13. The third-order valence-corrected chi connectivity index (χ3v) is 1.40. The van der Waals surface area contributed by atoms with Crippen LogP contribution >= 0.6 is 0 Å². The molecule has 0 saturated heterocycles. The van der Waals surface area contributed by atoms with Gasteiger partial charge in [0, 0.05) is 0 Å². The molecule has 0 aromatic heterocycles. The first kappa shape index (κ1) is 5.79. The molecule has 0 unspecified atom stereocenters. The first-order chi connectivity index (χ1) is 3.80. The van der Waals surface area contributed by atoms with Crippen molar-refractivity contribution in [2.24, 2.45) is 0 Å². The maximum absolute atomic E-state index is 10.5. The topological polar surface area (TPSA) is 17.1 Å². The molecule has 46 valence electrons. The van der Waals surface area contributed by atoms with E-state index in [1.54, 1.807) is 0 Å². The van der Waals surface area contributed by atoms with E-state index in [-0.39, 0.29) is 4.72 Å². The van der Waals surface area contributed by atoms with E-state index < -0.39 is 0 Å². The fourth-order valence-electron chi connectivity index (χ4n) is 0.593. The molecule has 0 atom stereocenters. The van der Waals surface area contributed by atoms with E-state index in [0.29, 0.717) is 0 Å². The van der Waals surface area contributed by atoms with Gasteiger partial charge in [-0.05, 0) is 0 Å². The van der Waals surface area contributed by atoms with Crippen molar-refractivity contribution in [1.29, 1.82) is 0 Å². The van der Waals surface area contributed by atoms with Gasteiger partial charge in [0.1, 0.15) is 0 Å². The Hall–Kier alpha value is -0.344. The minimum atomic E-state index is 0.00231. The summed E-state index contributed by atoms with van der Waals surface area (Å²) >= 11 is 2.85. The second kappa shape index (κ2) is 2.28. The van der Waals surface area contributed by atoms with Gasteiger partial charge in [0.2, 0.25) is 0 Å². The molecule has 0 bridgehead atoms. The average Bonchev–Trinajstić information content (AvgIpc) is 2.12. The summed E-state index contributed by atoms with van der Waals surface area (Å²) in [5.74, 6) is 0. The van der Waals surface area contributed by atoms with Crippen molar-refractivity contribution in [3.8, 4) is 0 Å². The van der Waals surface area contributed by atoms with Crippen LogP contribution in [0.3, 0.4) is 0 Å². The van der Waals surface area contributed by atoms with Crippen LogP contribution in [-0.2, 0) is 20.5 Å². The van der Waals surface area contributed by atoms with Gasteiger partial charge in [-0.15, -0.1) is 0 Å². The van der Waals surface area contributed by atoms with Crippen molar-refractivity contribution < 1.29 is 20.5 Å². The summed E-state index contributed by atoms with van der Waals surface area (Å²) in [5, 5.41) is 0. The number of allylic oxidation sites excluding steroid dienone is 4. The number of rotatable bonds is 1. The van der Waals surface area contributed by atoms with Crippen molar-refractivity contribution in [2.75, 3.05) is 0 Å². The summed E-state index contributed by atoms with van der Waals surface area (Å²) < 4.78 is 0.00231. The van der Waals surface area contributed by atoms with E-state index in [0.717, 1.165) is 12.0 Å². The van der Waals surface area contributed by atoms with Gasteiger partial charge in [-0.3, -0.25) is 0 Å². The Bertz CT molecular complexity index is 167. The predicted octanol–water partition coefficient (Wildman–Crippen LogP) is 0.411. The van der Waals surface area contributed by atoms with Crippen molar-refractivity contribution in [3.05, 3.63) is 23.8 Å². The molecule has 0 N–H and O–H groups in total. The monoisotopic (exact) mass is 154 g/mol. The SMILES string of the molecule is O=[C]([CoH2])C1=CC=CC1. The van der Waals surface area contributed by atoms with E-state index in [1.165, 1.54) is 0 Å².